The molecule has 0 amide bonds. The molecule has 0 aromatic heterocycles. The predicted octanol–water partition coefficient (Wildman–Crippen LogP) is 3.74. The molecule has 8 heteroatoms. The van der Waals surface area contributed by atoms with E-state index in [1.807, 2.05) is 6.92 Å². The lowest BCUT2D eigenvalue weighted by Crippen LogP contribution is -2.39. The van der Waals surface area contributed by atoms with E-state index >= 15 is 0 Å². The minimum Gasteiger partial charge on any atom is -0.469 e. The number of methoxy groups -OCH3 is 1. The molecule has 0 aromatic rings. The molecular weight excluding hydrogens is 416 g/mol. The molecule has 1 saturated carbocycles. The van der Waals surface area contributed by atoms with Crippen LogP contribution < -0.4 is 0 Å². The van der Waals surface area contributed by atoms with Gasteiger partial charge in [0.05, 0.1) is 25.9 Å². The number of hydrogen-bond acceptors (Lipinski definition) is 8. The Hall–Kier alpha value is -1.22. The van der Waals surface area contributed by atoms with Crippen molar-refractivity contribution >= 4 is 11.9 Å². The van der Waals surface area contributed by atoms with E-state index in [1.165, 1.54) is 14.0 Å². The van der Waals surface area contributed by atoms with Crippen molar-refractivity contribution < 1.29 is 38.0 Å². The lowest BCUT2D eigenvalue weighted by molar-refractivity contribution is -0.203. The topological polar surface area (TPSA) is 89.5 Å². The first-order chi connectivity index (χ1) is 15.5. The summed E-state index contributed by atoms with van der Waals surface area (Å²) in [5, 5.41) is 0. The fourth-order valence-electron chi connectivity index (χ4n) is 5.35. The molecule has 184 valence electrons. The van der Waals surface area contributed by atoms with Crippen LogP contribution in [0.4, 0.5) is 0 Å². The molecule has 2 unspecified atom stereocenters. The normalized spacial score (nSPS) is 35.0. The van der Waals surface area contributed by atoms with Crippen LogP contribution in [0.25, 0.3) is 0 Å². The van der Waals surface area contributed by atoms with Crippen LogP contribution in [-0.2, 0) is 38.0 Å². The van der Waals surface area contributed by atoms with Gasteiger partial charge in [-0.25, -0.2) is 0 Å². The fraction of sp³-hybridized carbons (Fsp3) is 0.917. The summed E-state index contributed by atoms with van der Waals surface area (Å²) in [7, 11) is 1.42. The van der Waals surface area contributed by atoms with Crippen molar-refractivity contribution in [2.24, 2.45) is 11.8 Å². The van der Waals surface area contributed by atoms with Crippen molar-refractivity contribution in [2.45, 2.75) is 109 Å². The highest BCUT2D eigenvalue weighted by atomic mass is 16.7. The second kappa shape index (κ2) is 12.9. The monoisotopic (exact) mass is 456 g/mol. The molecule has 0 spiro atoms. The Morgan fingerprint density at radius 1 is 1.03 bits per heavy atom. The second-order valence-corrected chi connectivity index (χ2v) is 9.20. The Kier molecular flexibility index (Phi) is 10.2. The number of hydrogen-bond donors (Lipinski definition) is 0. The maximum Gasteiger partial charge on any atom is 0.305 e. The third-order valence-electron chi connectivity index (χ3n) is 6.83. The summed E-state index contributed by atoms with van der Waals surface area (Å²) < 4.78 is 34.6. The Balaban J connectivity index is 1.62. The summed E-state index contributed by atoms with van der Waals surface area (Å²) in [5.74, 6) is -0.187. The summed E-state index contributed by atoms with van der Waals surface area (Å²) in [4.78, 5) is 23.1. The van der Waals surface area contributed by atoms with Crippen LogP contribution in [0.3, 0.4) is 0 Å². The zero-order valence-corrected chi connectivity index (χ0v) is 19.8. The van der Waals surface area contributed by atoms with E-state index in [9.17, 15) is 9.59 Å². The van der Waals surface area contributed by atoms with Gasteiger partial charge >= 0.3 is 11.9 Å². The zero-order chi connectivity index (χ0) is 22.9. The minimum absolute atomic E-state index is 0.0801. The third-order valence-corrected chi connectivity index (χ3v) is 6.83. The zero-order valence-electron chi connectivity index (χ0n) is 19.8. The fourth-order valence-corrected chi connectivity index (χ4v) is 5.35. The van der Waals surface area contributed by atoms with Crippen molar-refractivity contribution in [2.75, 3.05) is 20.3 Å². The minimum atomic E-state index is -0.261. The maximum atomic E-state index is 11.8. The highest BCUT2D eigenvalue weighted by Crippen LogP contribution is 2.44. The summed E-state index contributed by atoms with van der Waals surface area (Å²) in [5.41, 5.74) is 0. The molecular formula is C24H40O8. The van der Waals surface area contributed by atoms with Gasteiger partial charge in [-0.1, -0.05) is 19.3 Å². The van der Waals surface area contributed by atoms with Crippen LogP contribution in [0.1, 0.15) is 78.1 Å². The van der Waals surface area contributed by atoms with E-state index in [-0.39, 0.29) is 54.7 Å². The SMILES string of the molecule is COC(=O)CCCCCC[C@@H]1[C@@H]([C@@H]2COC(C)O2)[C@H](OC2CCCCO2)C[C@@H]1OC(C)=O. The van der Waals surface area contributed by atoms with Crippen LogP contribution in [-0.4, -0.2) is 63.2 Å². The molecule has 0 aromatic carbocycles. The van der Waals surface area contributed by atoms with Gasteiger partial charge in [0.25, 0.3) is 0 Å². The summed E-state index contributed by atoms with van der Waals surface area (Å²) >= 11 is 0. The van der Waals surface area contributed by atoms with Gasteiger partial charge in [0, 0.05) is 38.2 Å². The van der Waals surface area contributed by atoms with Gasteiger partial charge in [0.15, 0.2) is 12.6 Å². The molecule has 0 radical (unpaired) electrons. The highest BCUT2D eigenvalue weighted by molar-refractivity contribution is 5.69. The Morgan fingerprint density at radius 2 is 1.84 bits per heavy atom. The molecule has 3 aliphatic rings. The van der Waals surface area contributed by atoms with Gasteiger partial charge in [-0.2, -0.15) is 0 Å². The molecule has 1 aliphatic carbocycles. The van der Waals surface area contributed by atoms with Gasteiger partial charge in [-0.15, -0.1) is 0 Å². The van der Waals surface area contributed by atoms with Gasteiger partial charge in [0.2, 0.25) is 0 Å². The Labute approximate surface area is 191 Å². The summed E-state index contributed by atoms with van der Waals surface area (Å²) in [6.45, 7) is 4.63. The summed E-state index contributed by atoms with van der Waals surface area (Å²) in [6, 6.07) is 0. The first kappa shape index (κ1) is 25.4. The largest absolute Gasteiger partial charge is 0.469 e. The standard InChI is InChI=1S/C24H40O8/c1-16(25)30-19-14-20(32-23-12-8-9-13-28-23)24(21-15-29-17(2)31-21)18(19)10-6-4-5-7-11-22(26)27-3/h17-21,23-24H,4-15H2,1-3H3/t17?,18-,19-,20+,21-,23?,24+/m0/s1. The van der Waals surface area contributed by atoms with E-state index in [2.05, 4.69) is 0 Å². The van der Waals surface area contributed by atoms with E-state index in [4.69, 9.17) is 28.4 Å². The van der Waals surface area contributed by atoms with Gasteiger partial charge in [0.1, 0.15) is 6.10 Å². The number of ether oxygens (including phenoxy) is 6. The molecule has 3 fully saturated rings. The van der Waals surface area contributed by atoms with Gasteiger partial charge < -0.3 is 28.4 Å². The Bertz CT molecular complexity index is 591. The molecule has 8 nitrogen and oxygen atoms in total. The van der Waals surface area contributed by atoms with Crippen molar-refractivity contribution in [1.82, 2.24) is 0 Å². The van der Waals surface area contributed by atoms with Crippen molar-refractivity contribution in [1.29, 1.82) is 0 Å². The molecule has 0 N–H and O–H groups in total. The number of carbonyl (C=O) groups excluding carboxylic acids is 2. The van der Waals surface area contributed by atoms with Crippen molar-refractivity contribution in [3.05, 3.63) is 0 Å². The first-order valence-electron chi connectivity index (χ1n) is 12.3. The van der Waals surface area contributed by atoms with E-state index in [0.29, 0.717) is 19.4 Å². The predicted molar refractivity (Wildman–Crippen MR) is 116 cm³/mol. The van der Waals surface area contributed by atoms with Crippen LogP contribution in [0.15, 0.2) is 0 Å². The van der Waals surface area contributed by atoms with Gasteiger partial charge in [-0.05, 0) is 39.0 Å². The van der Waals surface area contributed by atoms with Crippen LogP contribution >= 0.6 is 0 Å². The molecule has 2 heterocycles. The number of rotatable bonds is 11. The molecule has 7 atom stereocenters. The smallest absolute Gasteiger partial charge is 0.305 e. The van der Waals surface area contributed by atoms with Gasteiger partial charge in [-0.3, -0.25) is 9.59 Å². The average molecular weight is 457 g/mol. The summed E-state index contributed by atoms with van der Waals surface area (Å²) in [6.07, 6.45) is 8.11. The average Bonchev–Trinajstić information content (AvgIpc) is 3.33. The molecule has 0 bridgehead atoms. The van der Waals surface area contributed by atoms with Crippen LogP contribution in [0.5, 0.6) is 0 Å². The lowest BCUT2D eigenvalue weighted by atomic mass is 9.84. The molecule has 32 heavy (non-hydrogen) atoms. The maximum absolute atomic E-state index is 11.8. The second-order valence-electron chi connectivity index (χ2n) is 9.20. The number of esters is 2. The molecule has 2 saturated heterocycles. The highest BCUT2D eigenvalue weighted by Gasteiger charge is 2.51. The Morgan fingerprint density at radius 3 is 2.50 bits per heavy atom. The number of unbranched alkanes of at least 4 members (excludes halogenated alkanes) is 3. The van der Waals surface area contributed by atoms with Crippen LogP contribution in [0, 0.1) is 11.8 Å². The van der Waals surface area contributed by atoms with Crippen molar-refractivity contribution in [3.63, 3.8) is 0 Å². The third kappa shape index (κ3) is 7.40. The lowest BCUT2D eigenvalue weighted by Gasteiger charge is -2.33. The first-order valence-corrected chi connectivity index (χ1v) is 12.3. The molecule has 3 rings (SSSR count). The van der Waals surface area contributed by atoms with Crippen LogP contribution in [0.2, 0.25) is 0 Å². The number of carbonyl (C=O) groups is 2. The van der Waals surface area contributed by atoms with E-state index < -0.39 is 0 Å². The van der Waals surface area contributed by atoms with E-state index in [1.54, 1.807) is 0 Å². The van der Waals surface area contributed by atoms with E-state index in [0.717, 1.165) is 58.0 Å². The van der Waals surface area contributed by atoms with Crippen molar-refractivity contribution in [3.8, 4) is 0 Å². The quantitative estimate of drug-likeness (QED) is 0.343. The molecule has 2 aliphatic heterocycles.